The molecule has 35 heavy (non-hydrogen) atoms. The molecule has 4 aromatic rings. The number of nitro groups is 1. The maximum absolute atomic E-state index is 14.2. The largest absolute Gasteiger partial charge is 0.497 e. The molecule has 0 spiro atoms. The minimum atomic E-state index is -3.86. The van der Waals surface area contributed by atoms with Gasteiger partial charge in [-0.2, -0.15) is 0 Å². The van der Waals surface area contributed by atoms with Gasteiger partial charge in [0.05, 0.1) is 25.2 Å². The van der Waals surface area contributed by atoms with Crippen LogP contribution in [0.2, 0.25) is 0 Å². The second kappa shape index (κ2) is 10.4. The molecule has 0 amide bonds. The lowest BCUT2D eigenvalue weighted by Crippen LogP contribution is -2.21. The third-order valence-corrected chi connectivity index (χ3v) is 7.81. The van der Waals surface area contributed by atoms with Crippen molar-refractivity contribution < 1.29 is 23.3 Å². The molecule has 3 aromatic carbocycles. The molecule has 0 aliphatic heterocycles. The van der Waals surface area contributed by atoms with Crippen LogP contribution in [-0.4, -0.2) is 29.8 Å². The molecule has 8 nitrogen and oxygen atoms in total. The Bertz CT molecular complexity index is 1370. The first-order chi connectivity index (χ1) is 16.9. The van der Waals surface area contributed by atoms with E-state index in [0.717, 1.165) is 16.6 Å². The maximum Gasteiger partial charge on any atom is 0.378 e. The number of nitrogens with zero attached hydrogens (tertiary/aromatic N) is 2. The van der Waals surface area contributed by atoms with Crippen molar-refractivity contribution in [2.45, 2.75) is 20.3 Å². The number of nitro benzene ring substituents is 1. The van der Waals surface area contributed by atoms with Crippen molar-refractivity contribution in [2.24, 2.45) is 0 Å². The third kappa shape index (κ3) is 4.86. The highest BCUT2D eigenvalue weighted by atomic mass is 31.2. The van der Waals surface area contributed by atoms with Gasteiger partial charge in [0.1, 0.15) is 11.2 Å². The number of benzene rings is 3. The molecule has 0 fully saturated rings. The van der Waals surface area contributed by atoms with Crippen molar-refractivity contribution in [3.8, 4) is 11.4 Å². The van der Waals surface area contributed by atoms with Gasteiger partial charge in [-0.05, 0) is 49.7 Å². The van der Waals surface area contributed by atoms with Gasteiger partial charge < -0.3 is 18.4 Å². The van der Waals surface area contributed by atoms with E-state index in [1.807, 2.05) is 59.2 Å². The molecule has 182 valence electrons. The molecule has 0 unspecified atom stereocenters. The molecule has 0 radical (unpaired) electrons. The highest BCUT2D eigenvalue weighted by Gasteiger charge is 2.36. The Morgan fingerprint density at radius 1 is 0.914 bits per heavy atom. The molecule has 0 saturated heterocycles. The predicted octanol–water partition coefficient (Wildman–Crippen LogP) is 6.03. The normalized spacial score (nSPS) is 11.6. The van der Waals surface area contributed by atoms with Gasteiger partial charge in [-0.25, -0.2) is 0 Å². The molecule has 9 heteroatoms. The van der Waals surface area contributed by atoms with Crippen LogP contribution in [0.25, 0.3) is 16.5 Å². The zero-order chi connectivity index (χ0) is 25.0. The van der Waals surface area contributed by atoms with Crippen molar-refractivity contribution in [1.82, 2.24) is 4.57 Å². The predicted molar refractivity (Wildman–Crippen MR) is 136 cm³/mol. The van der Waals surface area contributed by atoms with Gasteiger partial charge in [-0.15, -0.1) is 0 Å². The molecule has 0 N–H and O–H groups in total. The number of hydrogen-bond donors (Lipinski definition) is 0. The van der Waals surface area contributed by atoms with Gasteiger partial charge >= 0.3 is 7.60 Å². The molecule has 1 aromatic heterocycles. The number of non-ortho nitro benzene ring substituents is 1. The molecule has 0 aliphatic carbocycles. The summed E-state index contributed by atoms with van der Waals surface area (Å²) in [4.78, 5) is 11.2. The third-order valence-electron chi connectivity index (χ3n) is 5.65. The minimum Gasteiger partial charge on any atom is -0.497 e. The number of rotatable bonds is 10. The first-order valence-corrected chi connectivity index (χ1v) is 12.9. The second-order valence-corrected chi connectivity index (χ2v) is 9.72. The van der Waals surface area contributed by atoms with Gasteiger partial charge in [0.25, 0.3) is 5.69 Å². The smallest absolute Gasteiger partial charge is 0.378 e. The Hall–Kier alpha value is -3.45. The number of methoxy groups -OCH3 is 1. The molecule has 1 heterocycles. The Morgan fingerprint density at radius 2 is 1.57 bits per heavy atom. The van der Waals surface area contributed by atoms with E-state index in [9.17, 15) is 14.7 Å². The lowest BCUT2D eigenvalue weighted by Gasteiger charge is -2.21. The second-order valence-electron chi connectivity index (χ2n) is 7.79. The van der Waals surface area contributed by atoms with Crippen molar-refractivity contribution >= 4 is 29.5 Å². The summed E-state index contributed by atoms with van der Waals surface area (Å²) < 4.78 is 32.9. The molecule has 4 rings (SSSR count). The monoisotopic (exact) mass is 494 g/mol. The summed E-state index contributed by atoms with van der Waals surface area (Å²) in [6.07, 6.45) is 0.499. The molecule has 0 saturated carbocycles. The Kier molecular flexibility index (Phi) is 7.36. The highest BCUT2D eigenvalue weighted by Crippen LogP contribution is 2.50. The van der Waals surface area contributed by atoms with Gasteiger partial charge in [0.2, 0.25) is 0 Å². The Balaban J connectivity index is 2.12. The maximum atomic E-state index is 14.2. The van der Waals surface area contributed by atoms with Gasteiger partial charge in [0.15, 0.2) is 0 Å². The number of fused-ring (bicyclic) bond motifs is 1. The van der Waals surface area contributed by atoms with E-state index in [1.165, 1.54) is 12.1 Å². The average molecular weight is 494 g/mol. The van der Waals surface area contributed by atoms with Gasteiger partial charge in [0, 0.05) is 40.7 Å². The first kappa shape index (κ1) is 24.7. The van der Waals surface area contributed by atoms with Crippen LogP contribution in [0.5, 0.6) is 5.75 Å². The average Bonchev–Trinajstić information content (AvgIpc) is 3.19. The Labute approximate surface area is 203 Å². The van der Waals surface area contributed by atoms with E-state index in [-0.39, 0.29) is 24.3 Å². The highest BCUT2D eigenvalue weighted by molar-refractivity contribution is 7.62. The summed E-state index contributed by atoms with van der Waals surface area (Å²) in [7, 11) is -2.28. The fourth-order valence-electron chi connectivity index (χ4n) is 4.19. The van der Waals surface area contributed by atoms with Crippen molar-refractivity contribution in [3.05, 3.63) is 94.2 Å². The van der Waals surface area contributed by atoms with E-state index in [4.69, 9.17) is 13.8 Å². The Morgan fingerprint density at radius 3 is 2.14 bits per heavy atom. The van der Waals surface area contributed by atoms with Gasteiger partial charge in [-0.1, -0.05) is 30.3 Å². The van der Waals surface area contributed by atoms with Crippen LogP contribution in [0, 0.1) is 10.1 Å². The molecular weight excluding hydrogens is 467 g/mol. The van der Waals surface area contributed by atoms with Crippen LogP contribution < -0.4 is 10.2 Å². The lowest BCUT2D eigenvalue weighted by atomic mass is 10.1. The number of hydrogen-bond acceptors (Lipinski definition) is 6. The quantitative estimate of drug-likeness (QED) is 0.152. The van der Waals surface area contributed by atoms with Crippen LogP contribution in [0.15, 0.2) is 72.8 Å². The molecule has 0 bridgehead atoms. The fourth-order valence-corrected chi connectivity index (χ4v) is 6.15. The molecular formula is C26H27N2O6P. The van der Waals surface area contributed by atoms with Crippen LogP contribution in [0.3, 0.4) is 0 Å². The molecule has 0 atom stereocenters. The van der Waals surface area contributed by atoms with Crippen molar-refractivity contribution in [3.63, 3.8) is 0 Å². The summed E-state index contributed by atoms with van der Waals surface area (Å²) in [5, 5.41) is 12.8. The fraction of sp³-hybridized carbons (Fsp3) is 0.231. The zero-order valence-electron chi connectivity index (χ0n) is 19.8. The van der Waals surface area contributed by atoms with E-state index in [0.29, 0.717) is 23.2 Å². The summed E-state index contributed by atoms with van der Waals surface area (Å²) in [5.74, 6) is 0.671. The standard InChI is InChI=1S/C26H27N2O6P/c1-4-33-35(31,34-5-2)26-24-18-21(28(29)30)13-16-23(24)25(17-19-9-7-6-8-10-19)27(26)20-11-14-22(32-3)15-12-20/h6-16,18H,4-5,17H2,1-3H3. The first-order valence-electron chi connectivity index (χ1n) is 11.3. The van der Waals surface area contributed by atoms with Crippen LogP contribution in [-0.2, 0) is 20.0 Å². The summed E-state index contributed by atoms with van der Waals surface area (Å²) in [6, 6.07) is 21.8. The number of aromatic nitrogens is 1. The van der Waals surface area contributed by atoms with E-state index >= 15 is 0 Å². The van der Waals surface area contributed by atoms with E-state index < -0.39 is 12.5 Å². The van der Waals surface area contributed by atoms with Crippen molar-refractivity contribution in [2.75, 3.05) is 20.3 Å². The van der Waals surface area contributed by atoms with Crippen LogP contribution in [0.4, 0.5) is 5.69 Å². The SMILES string of the molecule is CCOP(=O)(OCC)c1c2cc([N+](=O)[O-])ccc2c(Cc2ccccc2)n1-c1ccc(OC)cc1. The number of ether oxygens (including phenoxy) is 1. The minimum absolute atomic E-state index is 0.101. The van der Waals surface area contributed by atoms with Crippen LogP contribution in [0.1, 0.15) is 25.1 Å². The summed E-state index contributed by atoms with van der Waals surface area (Å²) >= 11 is 0. The van der Waals surface area contributed by atoms with Crippen LogP contribution >= 0.6 is 7.60 Å². The summed E-state index contributed by atoms with van der Waals surface area (Å²) in [5.41, 5.74) is 2.74. The van der Waals surface area contributed by atoms with Gasteiger partial charge in [-0.3, -0.25) is 14.7 Å². The zero-order valence-corrected chi connectivity index (χ0v) is 20.7. The van der Waals surface area contributed by atoms with E-state index in [2.05, 4.69) is 0 Å². The van der Waals surface area contributed by atoms with E-state index in [1.54, 1.807) is 27.0 Å². The van der Waals surface area contributed by atoms with Crippen molar-refractivity contribution in [1.29, 1.82) is 0 Å². The topological polar surface area (TPSA) is 92.8 Å². The summed E-state index contributed by atoms with van der Waals surface area (Å²) in [6.45, 7) is 3.77. The molecule has 0 aliphatic rings. The lowest BCUT2D eigenvalue weighted by molar-refractivity contribution is -0.384.